The minimum Gasteiger partial charge on any atom is -0.480 e. The average Bonchev–Trinajstić information content (AvgIpc) is 2.59. The molecule has 2 aromatic rings. The fourth-order valence-electron chi connectivity index (χ4n) is 2.93. The molecule has 1 N–H and O–H groups in total. The number of carboxylic acid groups (broad SMARTS) is 1. The van der Waals surface area contributed by atoms with Crippen molar-refractivity contribution in [2.45, 2.75) is 24.7 Å². The quantitative estimate of drug-likeness (QED) is 0.552. The summed E-state index contributed by atoms with van der Waals surface area (Å²) in [5, 5.41) is 10.1. The Hall–Kier alpha value is -2.61. The minimum absolute atomic E-state index is 0.553. The van der Waals surface area contributed by atoms with E-state index < -0.39 is 11.4 Å². The van der Waals surface area contributed by atoms with E-state index >= 15 is 0 Å². The van der Waals surface area contributed by atoms with Gasteiger partial charge >= 0.3 is 5.97 Å². The van der Waals surface area contributed by atoms with Gasteiger partial charge in [-0.1, -0.05) is 85.5 Å². The third kappa shape index (κ3) is 3.78. The highest BCUT2D eigenvalue weighted by atomic mass is 16.4. The Morgan fingerprint density at radius 3 is 1.96 bits per heavy atom. The maximum atomic E-state index is 12.3. The van der Waals surface area contributed by atoms with Gasteiger partial charge in [0.05, 0.1) is 0 Å². The lowest BCUT2D eigenvalue weighted by molar-refractivity contribution is -0.142. The highest BCUT2D eigenvalue weighted by molar-refractivity contribution is 5.86. The zero-order valence-corrected chi connectivity index (χ0v) is 13.2. The molecule has 118 valence electrons. The predicted molar refractivity (Wildman–Crippen MR) is 94.5 cm³/mol. The monoisotopic (exact) mass is 306 g/mol. The molecule has 0 saturated heterocycles. The van der Waals surface area contributed by atoms with E-state index in [1.54, 1.807) is 6.08 Å². The van der Waals surface area contributed by atoms with Crippen LogP contribution in [0.25, 0.3) is 0 Å². The van der Waals surface area contributed by atoms with Gasteiger partial charge in [-0.2, -0.15) is 0 Å². The van der Waals surface area contributed by atoms with Crippen molar-refractivity contribution in [2.75, 3.05) is 0 Å². The predicted octanol–water partition coefficient (Wildman–Crippen LogP) is 4.97. The highest BCUT2D eigenvalue weighted by Gasteiger charge is 2.41. The van der Waals surface area contributed by atoms with Crippen LogP contribution >= 0.6 is 0 Å². The van der Waals surface area contributed by atoms with Crippen LogP contribution in [0.4, 0.5) is 0 Å². The van der Waals surface area contributed by atoms with E-state index in [0.717, 1.165) is 24.0 Å². The van der Waals surface area contributed by atoms with Gasteiger partial charge in [0, 0.05) is 0 Å². The summed E-state index contributed by atoms with van der Waals surface area (Å²) < 4.78 is 0. The molecule has 0 amide bonds. The molecule has 0 aliphatic carbocycles. The molecule has 0 aromatic heterocycles. The van der Waals surface area contributed by atoms with Crippen LogP contribution in [0, 0.1) is 0 Å². The summed E-state index contributed by atoms with van der Waals surface area (Å²) in [6, 6.07) is 19.0. The van der Waals surface area contributed by atoms with E-state index in [9.17, 15) is 9.90 Å². The van der Waals surface area contributed by atoms with Crippen LogP contribution in [-0.4, -0.2) is 11.1 Å². The summed E-state index contributed by atoms with van der Waals surface area (Å²) >= 11 is 0. The molecular formula is C21H22O2. The number of hydrogen-bond acceptors (Lipinski definition) is 1. The Balaban J connectivity index is 2.42. The second kappa shape index (κ2) is 8.14. The highest BCUT2D eigenvalue weighted by Crippen LogP contribution is 2.37. The fourth-order valence-corrected chi connectivity index (χ4v) is 2.93. The Bertz CT molecular complexity index is 617. The van der Waals surface area contributed by atoms with Gasteiger partial charge in [0.2, 0.25) is 0 Å². The molecule has 23 heavy (non-hydrogen) atoms. The van der Waals surface area contributed by atoms with E-state index in [1.165, 1.54) is 0 Å². The van der Waals surface area contributed by atoms with Crippen LogP contribution in [0.2, 0.25) is 0 Å². The molecule has 0 heterocycles. The Morgan fingerprint density at radius 1 is 1.00 bits per heavy atom. The van der Waals surface area contributed by atoms with Gasteiger partial charge in [-0.3, -0.25) is 4.79 Å². The summed E-state index contributed by atoms with van der Waals surface area (Å²) in [5.41, 5.74) is 0.641. The summed E-state index contributed by atoms with van der Waals surface area (Å²) in [5.74, 6) is -0.803. The molecule has 0 spiro atoms. The molecule has 0 aliphatic rings. The summed E-state index contributed by atoms with van der Waals surface area (Å²) in [4.78, 5) is 12.3. The van der Waals surface area contributed by atoms with Crippen molar-refractivity contribution in [2.24, 2.45) is 0 Å². The van der Waals surface area contributed by atoms with E-state index in [0.29, 0.717) is 6.42 Å². The molecule has 2 nitrogen and oxygen atoms in total. The van der Waals surface area contributed by atoms with Crippen molar-refractivity contribution in [3.8, 4) is 0 Å². The van der Waals surface area contributed by atoms with Crippen LogP contribution in [0.5, 0.6) is 0 Å². The van der Waals surface area contributed by atoms with E-state index in [1.807, 2.05) is 72.8 Å². The maximum Gasteiger partial charge on any atom is 0.318 e. The van der Waals surface area contributed by atoms with Crippen LogP contribution < -0.4 is 0 Å². The third-order valence-corrected chi connectivity index (χ3v) is 4.09. The lowest BCUT2D eigenvalue weighted by atomic mass is 9.71. The van der Waals surface area contributed by atoms with E-state index in [-0.39, 0.29) is 0 Å². The average molecular weight is 306 g/mol. The SMILES string of the molecule is C=C/C=C/CCCC(C(=O)O)(c1ccccc1)c1ccccc1. The first-order chi connectivity index (χ1) is 11.2. The number of unbranched alkanes of at least 4 members (excludes halogenated alkanes) is 1. The van der Waals surface area contributed by atoms with E-state index in [4.69, 9.17) is 0 Å². The molecule has 0 fully saturated rings. The normalized spacial score (nSPS) is 11.5. The van der Waals surface area contributed by atoms with Crippen LogP contribution in [0.3, 0.4) is 0 Å². The molecule has 0 bridgehead atoms. The maximum absolute atomic E-state index is 12.3. The van der Waals surface area contributed by atoms with Crippen LogP contribution in [0.15, 0.2) is 85.5 Å². The van der Waals surface area contributed by atoms with E-state index in [2.05, 4.69) is 6.58 Å². The van der Waals surface area contributed by atoms with Crippen molar-refractivity contribution < 1.29 is 9.90 Å². The van der Waals surface area contributed by atoms with Gasteiger partial charge in [-0.15, -0.1) is 0 Å². The molecular weight excluding hydrogens is 284 g/mol. The number of rotatable bonds is 8. The Kier molecular flexibility index (Phi) is 5.93. The third-order valence-electron chi connectivity index (χ3n) is 4.09. The minimum atomic E-state index is -1.01. The van der Waals surface area contributed by atoms with Crippen molar-refractivity contribution in [1.82, 2.24) is 0 Å². The molecule has 0 radical (unpaired) electrons. The van der Waals surface area contributed by atoms with Gasteiger partial charge in [0.15, 0.2) is 0 Å². The molecule has 2 aromatic carbocycles. The van der Waals surface area contributed by atoms with Gasteiger partial charge < -0.3 is 5.11 Å². The van der Waals surface area contributed by atoms with Crippen molar-refractivity contribution >= 4 is 5.97 Å². The van der Waals surface area contributed by atoms with Crippen molar-refractivity contribution in [3.63, 3.8) is 0 Å². The number of carboxylic acids is 1. The van der Waals surface area contributed by atoms with Crippen LogP contribution in [0.1, 0.15) is 30.4 Å². The first kappa shape index (κ1) is 16.8. The van der Waals surface area contributed by atoms with Gasteiger partial charge in [0.25, 0.3) is 0 Å². The fraction of sp³-hybridized carbons (Fsp3) is 0.190. The lowest BCUT2D eigenvalue weighted by Gasteiger charge is -2.30. The zero-order chi connectivity index (χ0) is 16.5. The molecule has 2 heteroatoms. The number of hydrogen-bond donors (Lipinski definition) is 1. The number of aliphatic carboxylic acids is 1. The molecule has 0 saturated carbocycles. The number of carbonyl (C=O) groups is 1. The standard InChI is InChI=1S/C21H22O2/c1-2-3-4-5-12-17-21(20(22)23,18-13-8-6-9-14-18)19-15-10-7-11-16-19/h2-4,6-11,13-16H,1,5,12,17H2,(H,22,23)/b4-3+. The summed E-state index contributed by atoms with van der Waals surface area (Å²) in [7, 11) is 0. The number of allylic oxidation sites excluding steroid dienone is 3. The summed E-state index contributed by atoms with van der Waals surface area (Å²) in [6.07, 6.45) is 7.83. The van der Waals surface area contributed by atoms with Gasteiger partial charge in [-0.05, 0) is 30.4 Å². The number of benzene rings is 2. The Morgan fingerprint density at radius 2 is 1.52 bits per heavy atom. The molecule has 0 aliphatic heterocycles. The van der Waals surface area contributed by atoms with Gasteiger partial charge in [0.1, 0.15) is 5.41 Å². The first-order valence-electron chi connectivity index (χ1n) is 7.84. The summed E-state index contributed by atoms with van der Waals surface area (Å²) in [6.45, 7) is 3.65. The Labute approximate surface area is 137 Å². The smallest absolute Gasteiger partial charge is 0.318 e. The largest absolute Gasteiger partial charge is 0.480 e. The molecule has 0 atom stereocenters. The zero-order valence-electron chi connectivity index (χ0n) is 13.2. The first-order valence-corrected chi connectivity index (χ1v) is 7.84. The van der Waals surface area contributed by atoms with Gasteiger partial charge in [-0.25, -0.2) is 0 Å². The van der Waals surface area contributed by atoms with Crippen molar-refractivity contribution in [1.29, 1.82) is 0 Å². The topological polar surface area (TPSA) is 37.3 Å². The van der Waals surface area contributed by atoms with Crippen molar-refractivity contribution in [3.05, 3.63) is 96.6 Å². The second-order valence-corrected chi connectivity index (χ2v) is 5.50. The van der Waals surface area contributed by atoms with Crippen LogP contribution in [-0.2, 0) is 10.2 Å². The lowest BCUT2D eigenvalue weighted by Crippen LogP contribution is -2.37. The second-order valence-electron chi connectivity index (χ2n) is 5.50. The molecule has 0 unspecified atom stereocenters. The molecule has 2 rings (SSSR count).